The average Bonchev–Trinajstić information content (AvgIpc) is 2.41. The first kappa shape index (κ1) is 14.3. The molecular weight excluding hydrogens is 304 g/mol. The Morgan fingerprint density at radius 3 is 2.25 bits per heavy atom. The minimum atomic E-state index is -4.04. The Balaban J connectivity index is 2.41. The van der Waals surface area contributed by atoms with Crippen LogP contribution in [0, 0.1) is 10.1 Å². The van der Waals surface area contributed by atoms with E-state index in [1.54, 1.807) is 0 Å². The normalized spacial score (nSPS) is 11.1. The Morgan fingerprint density at radius 2 is 1.65 bits per heavy atom. The van der Waals surface area contributed by atoms with Crippen LogP contribution in [0.25, 0.3) is 0 Å². The van der Waals surface area contributed by atoms with Gasteiger partial charge >= 0.3 is 0 Å². The van der Waals surface area contributed by atoms with Crippen molar-refractivity contribution in [2.24, 2.45) is 0 Å². The monoisotopic (exact) mass is 312 g/mol. The van der Waals surface area contributed by atoms with E-state index in [1.807, 2.05) is 0 Å². The molecule has 0 aliphatic heterocycles. The molecule has 2 rings (SSSR count). The summed E-state index contributed by atoms with van der Waals surface area (Å²) >= 11 is 5.70. The van der Waals surface area contributed by atoms with E-state index in [0.29, 0.717) is 5.02 Å². The Hall–Kier alpha value is -2.12. The molecule has 1 N–H and O–H groups in total. The first-order valence-electron chi connectivity index (χ1n) is 5.42. The van der Waals surface area contributed by atoms with E-state index in [1.165, 1.54) is 42.5 Å². The average molecular weight is 313 g/mol. The van der Waals surface area contributed by atoms with Crippen LogP contribution >= 0.6 is 11.6 Å². The number of halogens is 1. The van der Waals surface area contributed by atoms with Gasteiger partial charge in [0.1, 0.15) is 0 Å². The summed E-state index contributed by atoms with van der Waals surface area (Å²) in [6, 6.07) is 11.1. The molecule has 2 aromatic rings. The highest BCUT2D eigenvalue weighted by Gasteiger charge is 2.24. The molecule has 0 saturated heterocycles. The number of nitro groups is 1. The molecule has 6 nitrogen and oxygen atoms in total. The zero-order chi connectivity index (χ0) is 14.8. The lowest BCUT2D eigenvalue weighted by atomic mass is 10.3. The molecular formula is C12H9ClN2O4S. The number of sulfonamides is 1. The van der Waals surface area contributed by atoms with Gasteiger partial charge in [0, 0.05) is 16.8 Å². The maximum Gasteiger partial charge on any atom is 0.289 e. The van der Waals surface area contributed by atoms with Gasteiger partial charge in [-0.25, -0.2) is 8.42 Å². The van der Waals surface area contributed by atoms with Crippen molar-refractivity contribution in [3.05, 3.63) is 63.7 Å². The maximum absolute atomic E-state index is 12.2. The number of para-hydroxylation sites is 1. The van der Waals surface area contributed by atoms with E-state index in [9.17, 15) is 18.5 Å². The van der Waals surface area contributed by atoms with Gasteiger partial charge in [-0.3, -0.25) is 14.8 Å². The highest BCUT2D eigenvalue weighted by Crippen LogP contribution is 2.25. The molecule has 0 aliphatic carbocycles. The van der Waals surface area contributed by atoms with Crippen molar-refractivity contribution in [1.82, 2.24) is 0 Å². The molecule has 0 atom stereocenters. The summed E-state index contributed by atoms with van der Waals surface area (Å²) in [5.41, 5.74) is -0.207. The maximum atomic E-state index is 12.2. The summed E-state index contributed by atoms with van der Waals surface area (Å²) in [4.78, 5) is 9.73. The van der Waals surface area contributed by atoms with Crippen LogP contribution in [0.5, 0.6) is 0 Å². The summed E-state index contributed by atoms with van der Waals surface area (Å²) in [6.45, 7) is 0. The second-order valence-electron chi connectivity index (χ2n) is 3.84. The molecule has 0 bridgehead atoms. The van der Waals surface area contributed by atoms with Crippen LogP contribution in [-0.2, 0) is 10.0 Å². The third kappa shape index (κ3) is 3.06. The Morgan fingerprint density at radius 1 is 1.05 bits per heavy atom. The summed E-state index contributed by atoms with van der Waals surface area (Å²) in [5.74, 6) is 0. The van der Waals surface area contributed by atoms with Gasteiger partial charge in [0.15, 0.2) is 4.90 Å². The van der Waals surface area contributed by atoms with Gasteiger partial charge in [-0.2, -0.15) is 0 Å². The fraction of sp³-hybridized carbons (Fsp3) is 0. The fourth-order valence-electron chi connectivity index (χ4n) is 1.56. The van der Waals surface area contributed by atoms with Crippen molar-refractivity contribution >= 4 is 33.0 Å². The zero-order valence-corrected chi connectivity index (χ0v) is 11.6. The van der Waals surface area contributed by atoms with Crippen molar-refractivity contribution < 1.29 is 13.3 Å². The van der Waals surface area contributed by atoms with E-state index in [2.05, 4.69) is 4.72 Å². The number of nitrogens with one attached hydrogen (secondary N) is 1. The van der Waals surface area contributed by atoms with Crippen LogP contribution in [0.15, 0.2) is 53.4 Å². The third-order valence-electron chi connectivity index (χ3n) is 2.45. The molecule has 0 amide bonds. The third-order valence-corrected chi connectivity index (χ3v) is 4.13. The van der Waals surface area contributed by atoms with E-state index >= 15 is 0 Å². The first-order valence-corrected chi connectivity index (χ1v) is 7.28. The molecule has 8 heteroatoms. The minimum absolute atomic E-state index is 0.271. The summed E-state index contributed by atoms with van der Waals surface area (Å²) in [6.07, 6.45) is 0. The number of rotatable bonds is 4. The molecule has 20 heavy (non-hydrogen) atoms. The second kappa shape index (κ2) is 5.48. The van der Waals surface area contributed by atoms with Crippen molar-refractivity contribution in [3.63, 3.8) is 0 Å². The minimum Gasteiger partial charge on any atom is -0.279 e. The van der Waals surface area contributed by atoms with Gasteiger partial charge in [0.2, 0.25) is 0 Å². The Bertz CT molecular complexity index is 744. The smallest absolute Gasteiger partial charge is 0.279 e. The molecule has 0 aliphatic rings. The topological polar surface area (TPSA) is 89.3 Å². The van der Waals surface area contributed by atoms with E-state index in [4.69, 9.17) is 11.6 Å². The predicted octanol–water partition coefficient (Wildman–Crippen LogP) is 3.05. The van der Waals surface area contributed by atoms with E-state index < -0.39 is 20.6 Å². The lowest BCUT2D eigenvalue weighted by Gasteiger charge is -2.08. The summed E-state index contributed by atoms with van der Waals surface area (Å²) in [5, 5.41) is 11.3. The van der Waals surface area contributed by atoms with Gasteiger partial charge in [0.05, 0.1) is 4.92 Å². The highest BCUT2D eigenvalue weighted by molar-refractivity contribution is 7.92. The molecule has 0 fully saturated rings. The lowest BCUT2D eigenvalue weighted by molar-refractivity contribution is -0.387. The number of benzene rings is 2. The van der Waals surface area contributed by atoms with Gasteiger partial charge in [-0.1, -0.05) is 23.7 Å². The highest BCUT2D eigenvalue weighted by atomic mass is 35.5. The van der Waals surface area contributed by atoms with E-state index in [-0.39, 0.29) is 10.6 Å². The van der Waals surface area contributed by atoms with Crippen LogP contribution in [0.3, 0.4) is 0 Å². The largest absolute Gasteiger partial charge is 0.289 e. The number of nitro benzene ring substituents is 1. The molecule has 0 spiro atoms. The number of hydrogen-bond acceptors (Lipinski definition) is 4. The Kier molecular flexibility index (Phi) is 3.91. The molecule has 0 saturated carbocycles. The van der Waals surface area contributed by atoms with Crippen LogP contribution < -0.4 is 4.72 Å². The van der Waals surface area contributed by atoms with Crippen LogP contribution in [-0.4, -0.2) is 13.3 Å². The van der Waals surface area contributed by atoms with Crippen molar-refractivity contribution in [1.29, 1.82) is 0 Å². The molecule has 2 aromatic carbocycles. The number of anilines is 1. The Labute approximate surface area is 120 Å². The van der Waals surface area contributed by atoms with Crippen molar-refractivity contribution in [3.8, 4) is 0 Å². The molecule has 104 valence electrons. The SMILES string of the molecule is O=[N+]([O-])c1ccccc1S(=O)(=O)Nc1ccc(Cl)cc1. The van der Waals surface area contributed by atoms with Crippen molar-refractivity contribution in [2.75, 3.05) is 4.72 Å². The standard InChI is InChI=1S/C12H9ClN2O4S/c13-9-5-7-10(8-6-9)14-20(18,19)12-4-2-1-3-11(12)15(16)17/h1-8,14H. The van der Waals surface area contributed by atoms with E-state index in [0.717, 1.165) is 6.07 Å². The quantitative estimate of drug-likeness (QED) is 0.694. The summed E-state index contributed by atoms with van der Waals surface area (Å²) < 4.78 is 26.6. The lowest BCUT2D eigenvalue weighted by Crippen LogP contribution is -2.14. The fourth-order valence-corrected chi connectivity index (χ4v) is 2.92. The van der Waals surface area contributed by atoms with Crippen molar-refractivity contribution in [2.45, 2.75) is 4.90 Å². The predicted molar refractivity (Wildman–Crippen MR) is 75.4 cm³/mol. The first-order chi connectivity index (χ1) is 9.40. The van der Waals surface area contributed by atoms with Gasteiger partial charge in [-0.05, 0) is 30.3 Å². The van der Waals surface area contributed by atoms with Crippen LogP contribution in [0.1, 0.15) is 0 Å². The molecule has 0 heterocycles. The zero-order valence-electron chi connectivity index (χ0n) is 9.99. The number of nitrogens with zero attached hydrogens (tertiary/aromatic N) is 1. The summed E-state index contributed by atoms with van der Waals surface area (Å²) in [7, 11) is -4.04. The second-order valence-corrected chi connectivity index (χ2v) is 5.92. The van der Waals surface area contributed by atoms with Gasteiger partial charge in [-0.15, -0.1) is 0 Å². The van der Waals surface area contributed by atoms with Crippen LogP contribution in [0.4, 0.5) is 11.4 Å². The molecule has 0 unspecified atom stereocenters. The van der Waals surface area contributed by atoms with Gasteiger partial charge < -0.3 is 0 Å². The molecule has 0 radical (unpaired) electrons. The van der Waals surface area contributed by atoms with Gasteiger partial charge in [0.25, 0.3) is 15.7 Å². The molecule has 0 aromatic heterocycles. The van der Waals surface area contributed by atoms with Crippen LogP contribution in [0.2, 0.25) is 5.02 Å². The number of hydrogen-bond donors (Lipinski definition) is 1.